The maximum absolute atomic E-state index is 12.9. The Morgan fingerprint density at radius 1 is 1.32 bits per heavy atom. The highest BCUT2D eigenvalue weighted by Crippen LogP contribution is 2.27. The smallest absolute Gasteiger partial charge is 0.417 e. The molecule has 0 radical (unpaired) electrons. The third-order valence-corrected chi connectivity index (χ3v) is 3.10. The van der Waals surface area contributed by atoms with Gasteiger partial charge in [0, 0.05) is 6.08 Å². The van der Waals surface area contributed by atoms with E-state index in [0.29, 0.717) is 5.56 Å². The molecule has 1 aromatic carbocycles. The van der Waals surface area contributed by atoms with Gasteiger partial charge in [-0.25, -0.2) is 14.1 Å². The number of carbonyl (C=O) groups is 2. The van der Waals surface area contributed by atoms with Crippen molar-refractivity contribution in [3.8, 4) is 0 Å². The summed E-state index contributed by atoms with van der Waals surface area (Å²) in [7, 11) is 0. The van der Waals surface area contributed by atoms with Gasteiger partial charge in [0.1, 0.15) is 17.5 Å². The molecule has 1 heterocycles. The summed E-state index contributed by atoms with van der Waals surface area (Å²) >= 11 is 0. The van der Waals surface area contributed by atoms with Crippen molar-refractivity contribution >= 4 is 12.0 Å². The molecule has 2 atom stereocenters. The molecule has 0 saturated heterocycles. The van der Waals surface area contributed by atoms with Crippen LogP contribution in [0.5, 0.6) is 0 Å². The van der Waals surface area contributed by atoms with Gasteiger partial charge in [0.2, 0.25) is 0 Å². The van der Waals surface area contributed by atoms with Crippen molar-refractivity contribution in [1.82, 2.24) is 4.90 Å². The summed E-state index contributed by atoms with van der Waals surface area (Å²) in [4.78, 5) is 24.9. The molecule has 1 N–H and O–H groups in total. The maximum Gasteiger partial charge on any atom is 0.417 e. The number of hydrogen-bond acceptors (Lipinski definition) is 4. The Labute approximate surface area is 128 Å². The number of aliphatic hydroxyl groups excluding tert-OH is 1. The van der Waals surface area contributed by atoms with Crippen molar-refractivity contribution in [2.75, 3.05) is 0 Å². The normalized spacial score (nSPS) is 19.4. The van der Waals surface area contributed by atoms with Gasteiger partial charge < -0.3 is 9.84 Å². The molecule has 2 amide bonds. The molecule has 0 aromatic heterocycles. The third-order valence-electron chi connectivity index (χ3n) is 3.10. The molecule has 0 bridgehead atoms. The van der Waals surface area contributed by atoms with E-state index in [4.69, 9.17) is 4.74 Å². The van der Waals surface area contributed by atoms with E-state index < -0.39 is 35.6 Å². The van der Waals surface area contributed by atoms with Crippen LogP contribution in [0.15, 0.2) is 36.4 Å². The molecular weight excluding hydrogens is 289 g/mol. The number of carbonyl (C=O) groups excluding carboxylic acids is 2. The maximum atomic E-state index is 12.9. The standard InChI is InChI=1S/C16H18FNO4/c1-16(2,3)22-15(21)18-12(8-9-13(18)19)14(20)10-4-6-11(17)7-5-10/h4-9,12,14,20H,1-3H3/t12-,14-/m0/s1. The van der Waals surface area contributed by atoms with Crippen LogP contribution in [0.3, 0.4) is 0 Å². The first kappa shape index (κ1) is 16.2. The van der Waals surface area contributed by atoms with E-state index in [2.05, 4.69) is 0 Å². The summed E-state index contributed by atoms with van der Waals surface area (Å²) in [5.74, 6) is -0.988. The van der Waals surface area contributed by atoms with Crippen LogP contribution in [0, 0.1) is 5.82 Å². The van der Waals surface area contributed by atoms with Crippen LogP contribution in [-0.4, -0.2) is 33.6 Å². The second-order valence-corrected chi connectivity index (χ2v) is 6.03. The Bertz CT molecular complexity index is 604. The first-order valence-corrected chi connectivity index (χ1v) is 6.87. The Morgan fingerprint density at radius 2 is 1.91 bits per heavy atom. The van der Waals surface area contributed by atoms with Crippen molar-refractivity contribution < 1.29 is 23.8 Å². The number of rotatable bonds is 2. The zero-order chi connectivity index (χ0) is 16.5. The lowest BCUT2D eigenvalue weighted by Crippen LogP contribution is -2.45. The molecule has 0 saturated carbocycles. The second-order valence-electron chi connectivity index (χ2n) is 6.03. The van der Waals surface area contributed by atoms with Crippen LogP contribution in [0.4, 0.5) is 9.18 Å². The van der Waals surface area contributed by atoms with E-state index in [1.165, 1.54) is 36.4 Å². The number of aliphatic hydroxyl groups is 1. The Kier molecular flexibility index (Phi) is 4.32. The first-order valence-electron chi connectivity index (χ1n) is 6.87. The molecule has 22 heavy (non-hydrogen) atoms. The van der Waals surface area contributed by atoms with Crippen molar-refractivity contribution in [1.29, 1.82) is 0 Å². The number of benzene rings is 1. The molecule has 118 valence electrons. The fourth-order valence-corrected chi connectivity index (χ4v) is 2.12. The minimum Gasteiger partial charge on any atom is -0.443 e. The molecule has 1 aliphatic rings. The van der Waals surface area contributed by atoms with Crippen molar-refractivity contribution in [2.24, 2.45) is 0 Å². The van der Waals surface area contributed by atoms with Crippen LogP contribution in [0.1, 0.15) is 32.4 Å². The molecule has 6 heteroatoms. The van der Waals surface area contributed by atoms with E-state index in [1.54, 1.807) is 20.8 Å². The fraction of sp³-hybridized carbons (Fsp3) is 0.375. The number of ether oxygens (including phenoxy) is 1. The second kappa shape index (κ2) is 5.88. The number of halogens is 1. The van der Waals surface area contributed by atoms with Gasteiger partial charge >= 0.3 is 6.09 Å². The lowest BCUT2D eigenvalue weighted by atomic mass is 10.0. The van der Waals surface area contributed by atoms with Crippen LogP contribution in [0.25, 0.3) is 0 Å². The molecule has 1 aliphatic heterocycles. The third kappa shape index (κ3) is 3.51. The summed E-state index contributed by atoms with van der Waals surface area (Å²) in [5.41, 5.74) is -0.356. The van der Waals surface area contributed by atoms with Gasteiger partial charge in [-0.05, 0) is 38.5 Å². The first-order chi connectivity index (χ1) is 10.2. The van der Waals surface area contributed by atoms with Gasteiger partial charge in [0.25, 0.3) is 5.91 Å². The molecule has 0 unspecified atom stereocenters. The Morgan fingerprint density at radius 3 is 2.45 bits per heavy atom. The predicted octanol–water partition coefficient (Wildman–Crippen LogP) is 2.56. The highest BCUT2D eigenvalue weighted by atomic mass is 19.1. The highest BCUT2D eigenvalue weighted by molar-refractivity contribution is 6.01. The van der Waals surface area contributed by atoms with Gasteiger partial charge in [0.05, 0.1) is 6.04 Å². The highest BCUT2D eigenvalue weighted by Gasteiger charge is 2.39. The fourth-order valence-electron chi connectivity index (χ4n) is 2.12. The Hall–Kier alpha value is -2.21. The molecule has 0 fully saturated rings. The molecule has 5 nitrogen and oxygen atoms in total. The van der Waals surface area contributed by atoms with E-state index in [-0.39, 0.29) is 0 Å². The zero-order valence-electron chi connectivity index (χ0n) is 12.6. The number of nitrogens with zero attached hydrogens (tertiary/aromatic N) is 1. The van der Waals surface area contributed by atoms with Crippen molar-refractivity contribution in [2.45, 2.75) is 38.5 Å². The molecule has 2 rings (SSSR count). The minimum atomic E-state index is -1.16. The molecule has 1 aromatic rings. The van der Waals surface area contributed by atoms with E-state index >= 15 is 0 Å². The minimum absolute atomic E-state index is 0.402. The van der Waals surface area contributed by atoms with Crippen molar-refractivity contribution in [3.63, 3.8) is 0 Å². The van der Waals surface area contributed by atoms with E-state index in [9.17, 15) is 19.1 Å². The number of imide groups is 1. The van der Waals surface area contributed by atoms with Gasteiger partial charge in [-0.15, -0.1) is 0 Å². The number of hydrogen-bond donors (Lipinski definition) is 1. The van der Waals surface area contributed by atoms with Gasteiger partial charge in [-0.2, -0.15) is 0 Å². The molecule has 0 spiro atoms. The lowest BCUT2D eigenvalue weighted by Gasteiger charge is -2.29. The Balaban J connectivity index is 2.21. The van der Waals surface area contributed by atoms with E-state index in [1.807, 2.05) is 0 Å². The zero-order valence-corrected chi connectivity index (χ0v) is 12.6. The molecule has 0 aliphatic carbocycles. The topological polar surface area (TPSA) is 66.8 Å². The van der Waals surface area contributed by atoms with Gasteiger partial charge in [0.15, 0.2) is 0 Å². The quantitative estimate of drug-likeness (QED) is 0.912. The average molecular weight is 307 g/mol. The van der Waals surface area contributed by atoms with Gasteiger partial charge in [-0.1, -0.05) is 18.2 Å². The molecular formula is C16H18FNO4. The predicted molar refractivity (Wildman–Crippen MR) is 77.4 cm³/mol. The van der Waals surface area contributed by atoms with Crippen molar-refractivity contribution in [3.05, 3.63) is 47.8 Å². The average Bonchev–Trinajstić information content (AvgIpc) is 2.79. The largest absolute Gasteiger partial charge is 0.443 e. The van der Waals surface area contributed by atoms with E-state index in [0.717, 1.165) is 4.90 Å². The monoisotopic (exact) mass is 307 g/mol. The summed E-state index contributed by atoms with van der Waals surface area (Å²) in [5, 5.41) is 10.4. The summed E-state index contributed by atoms with van der Waals surface area (Å²) in [6.07, 6.45) is 0.659. The van der Waals surface area contributed by atoms with Gasteiger partial charge in [-0.3, -0.25) is 4.79 Å². The number of amides is 2. The van der Waals surface area contributed by atoms with Crippen LogP contribution < -0.4 is 0 Å². The van der Waals surface area contributed by atoms with Crippen LogP contribution in [-0.2, 0) is 9.53 Å². The van der Waals surface area contributed by atoms with Crippen LogP contribution >= 0.6 is 0 Å². The summed E-state index contributed by atoms with van der Waals surface area (Å²) in [6, 6.07) is 4.34. The summed E-state index contributed by atoms with van der Waals surface area (Å²) < 4.78 is 18.1. The summed E-state index contributed by atoms with van der Waals surface area (Å²) in [6.45, 7) is 5.05. The SMILES string of the molecule is CC(C)(C)OC(=O)N1C(=O)C=C[C@H]1[C@@H](O)c1ccc(F)cc1. The lowest BCUT2D eigenvalue weighted by molar-refractivity contribution is -0.126. The van der Waals surface area contributed by atoms with Crippen LogP contribution in [0.2, 0.25) is 0 Å².